The molecule has 0 spiro atoms. The SMILES string of the molecule is C[C@H]1OC(=O)C2=CC[C@@H](c3ccc(Cl)cc3Cl)[C@H](c3ccc(Br)cn3)[C@@H]21.C[C@H]1OC(=O)[C@@H]2CC[C@@H](c3ccc(Cl)cc3Cl)[C@H](c3ccc(Br)cn3)[C@H]12.C[C@H]1OC(=O)[C@H]2CC[C@@H](c3ccc(Cl)cc3Cl)[C@H](c3ccc(Br)cn3)[C@@H]21. The van der Waals surface area contributed by atoms with Crippen LogP contribution in [-0.4, -0.2) is 51.2 Å². The van der Waals surface area contributed by atoms with E-state index in [1.165, 1.54) is 0 Å². The predicted molar refractivity (Wildman–Crippen MR) is 317 cm³/mol. The lowest BCUT2D eigenvalue weighted by atomic mass is 9.63. The van der Waals surface area contributed by atoms with Crippen molar-refractivity contribution in [2.24, 2.45) is 29.6 Å². The number of aromatic nitrogens is 3. The van der Waals surface area contributed by atoms with Gasteiger partial charge in [-0.05, 0) is 208 Å². The van der Waals surface area contributed by atoms with Crippen molar-refractivity contribution in [3.63, 3.8) is 0 Å². The summed E-state index contributed by atoms with van der Waals surface area (Å²) in [5.74, 6) is 0.237. The Kier molecular flexibility index (Phi) is 18.1. The van der Waals surface area contributed by atoms with Crippen LogP contribution >= 0.6 is 117 Å². The maximum absolute atomic E-state index is 12.3. The van der Waals surface area contributed by atoms with Crippen LogP contribution in [-0.2, 0) is 28.6 Å². The molecule has 18 heteroatoms. The smallest absolute Gasteiger partial charge is 0.334 e. The first-order chi connectivity index (χ1) is 37.4. The molecule has 3 aromatic heterocycles. The molecule has 406 valence electrons. The van der Waals surface area contributed by atoms with E-state index >= 15 is 0 Å². The molecule has 6 aliphatic rings. The van der Waals surface area contributed by atoms with Gasteiger partial charge in [0.15, 0.2) is 0 Å². The van der Waals surface area contributed by atoms with Gasteiger partial charge < -0.3 is 14.2 Å². The van der Waals surface area contributed by atoms with Crippen LogP contribution in [0.15, 0.2) is 135 Å². The Hall–Kier alpha value is -3.56. The molecule has 9 nitrogen and oxygen atoms in total. The van der Waals surface area contributed by atoms with Crippen LogP contribution in [0.3, 0.4) is 0 Å². The third-order valence-corrected chi connectivity index (χ3v) is 19.8. The monoisotopic (exact) mass is 1360 g/mol. The number of cyclic esters (lactones) is 3. The zero-order valence-electron chi connectivity index (χ0n) is 42.3. The van der Waals surface area contributed by atoms with E-state index in [0.29, 0.717) is 36.6 Å². The summed E-state index contributed by atoms with van der Waals surface area (Å²) in [7, 11) is 0. The predicted octanol–water partition coefficient (Wildman–Crippen LogP) is 17.9. The van der Waals surface area contributed by atoms with Crippen LogP contribution in [0, 0.1) is 29.6 Å². The van der Waals surface area contributed by atoms with Gasteiger partial charge in [0.2, 0.25) is 0 Å². The zero-order valence-corrected chi connectivity index (χ0v) is 51.6. The first-order valence-electron chi connectivity index (χ1n) is 25.9. The van der Waals surface area contributed by atoms with Crippen molar-refractivity contribution >= 4 is 135 Å². The topological polar surface area (TPSA) is 118 Å². The highest BCUT2D eigenvalue weighted by Gasteiger charge is 2.55. The molecule has 5 fully saturated rings. The van der Waals surface area contributed by atoms with Gasteiger partial charge in [-0.3, -0.25) is 24.5 Å². The van der Waals surface area contributed by atoms with Crippen LogP contribution in [0.5, 0.6) is 0 Å². The summed E-state index contributed by atoms with van der Waals surface area (Å²) in [6.07, 6.45) is 11.0. The van der Waals surface area contributed by atoms with E-state index in [-0.39, 0.29) is 101 Å². The van der Waals surface area contributed by atoms with E-state index in [2.05, 4.69) is 62.7 Å². The Bertz CT molecular complexity index is 3120. The highest BCUT2D eigenvalue weighted by molar-refractivity contribution is 9.11. The summed E-state index contributed by atoms with van der Waals surface area (Å²) in [4.78, 5) is 50.8. The highest BCUT2D eigenvalue weighted by Crippen LogP contribution is 2.57. The van der Waals surface area contributed by atoms with Crippen LogP contribution in [0.25, 0.3) is 0 Å². The van der Waals surface area contributed by atoms with E-state index in [1.54, 1.807) is 24.4 Å². The minimum absolute atomic E-state index is 0.00299. The molecule has 3 aliphatic carbocycles. The fraction of sp³-hybridized carbons (Fsp3) is 0.367. The second-order valence-corrected chi connectivity index (χ2v) is 26.2. The maximum Gasteiger partial charge on any atom is 0.334 e. The van der Waals surface area contributed by atoms with Gasteiger partial charge in [0.1, 0.15) is 18.3 Å². The number of carbonyl (C=O) groups excluding carboxylic acids is 3. The zero-order chi connectivity index (χ0) is 55.3. The summed E-state index contributed by atoms with van der Waals surface area (Å²) in [5, 5.41) is 3.83. The van der Waals surface area contributed by atoms with E-state index in [9.17, 15) is 14.4 Å². The Morgan fingerprint density at radius 1 is 0.436 bits per heavy atom. The van der Waals surface area contributed by atoms with Gasteiger partial charge in [0.25, 0.3) is 0 Å². The van der Waals surface area contributed by atoms with Gasteiger partial charge in [0.05, 0.1) is 11.8 Å². The van der Waals surface area contributed by atoms with Crippen molar-refractivity contribution in [3.8, 4) is 0 Å². The van der Waals surface area contributed by atoms with E-state index in [1.807, 2.05) is 112 Å². The lowest BCUT2D eigenvalue weighted by Crippen LogP contribution is -2.35. The van der Waals surface area contributed by atoms with Crippen LogP contribution in [0.2, 0.25) is 30.1 Å². The summed E-state index contributed by atoms with van der Waals surface area (Å²) < 4.78 is 19.5. The van der Waals surface area contributed by atoms with Gasteiger partial charge >= 0.3 is 17.9 Å². The number of benzene rings is 3. The number of halogens is 9. The Morgan fingerprint density at radius 3 is 1.18 bits per heavy atom. The van der Waals surface area contributed by atoms with Crippen molar-refractivity contribution in [1.82, 2.24) is 15.0 Å². The molecule has 3 aliphatic heterocycles. The van der Waals surface area contributed by atoms with Crippen LogP contribution < -0.4 is 0 Å². The van der Waals surface area contributed by atoms with Crippen molar-refractivity contribution < 1.29 is 28.6 Å². The molecule has 12 rings (SSSR count). The second-order valence-electron chi connectivity index (χ2n) is 20.9. The van der Waals surface area contributed by atoms with Gasteiger partial charge in [-0.15, -0.1) is 0 Å². The summed E-state index contributed by atoms with van der Waals surface area (Å²) in [5.41, 5.74) is 6.80. The van der Waals surface area contributed by atoms with E-state index in [0.717, 1.165) is 78.4 Å². The maximum atomic E-state index is 12.3. The average molecular weight is 1360 g/mol. The number of hydrogen-bond donors (Lipinski definition) is 0. The molecule has 2 saturated carbocycles. The lowest BCUT2D eigenvalue weighted by molar-refractivity contribution is -0.144. The van der Waals surface area contributed by atoms with Gasteiger partial charge in [-0.1, -0.05) is 93.9 Å². The minimum Gasteiger partial charge on any atom is -0.462 e. The number of carbonyl (C=O) groups is 3. The number of pyridine rings is 3. The van der Waals surface area contributed by atoms with E-state index in [4.69, 9.17) is 83.8 Å². The van der Waals surface area contributed by atoms with Crippen molar-refractivity contribution in [1.29, 1.82) is 0 Å². The third kappa shape index (κ3) is 11.9. The number of esters is 3. The third-order valence-electron chi connectivity index (χ3n) is 16.7. The van der Waals surface area contributed by atoms with Crippen LogP contribution in [0.4, 0.5) is 0 Å². The Labute approximate surface area is 509 Å². The molecule has 78 heavy (non-hydrogen) atoms. The van der Waals surface area contributed by atoms with Crippen molar-refractivity contribution in [2.45, 2.75) is 107 Å². The molecule has 0 unspecified atom stereocenters. The van der Waals surface area contributed by atoms with Crippen molar-refractivity contribution in [2.75, 3.05) is 0 Å². The quantitative estimate of drug-likeness (QED) is 0.119. The summed E-state index contributed by atoms with van der Waals surface area (Å²) >= 11 is 48.2. The number of rotatable bonds is 6. The molecule has 6 aromatic rings. The van der Waals surface area contributed by atoms with Crippen LogP contribution in [0.1, 0.15) is 122 Å². The number of allylic oxidation sites excluding steroid dienone is 1. The number of nitrogens with zero attached hydrogens (tertiary/aromatic N) is 3. The second kappa shape index (κ2) is 24.5. The molecular formula is C60H52Br3Cl6N3O6. The Balaban J connectivity index is 0.000000132. The molecule has 0 N–H and O–H groups in total. The first kappa shape index (κ1) is 57.7. The molecule has 3 aromatic carbocycles. The Morgan fingerprint density at radius 2 is 0.808 bits per heavy atom. The number of fused-ring (bicyclic) bond motifs is 3. The van der Waals surface area contributed by atoms with Gasteiger partial charge in [0, 0.05) is 120 Å². The summed E-state index contributed by atoms with van der Waals surface area (Å²) in [6, 6.07) is 29.0. The number of ether oxygens (including phenoxy) is 3. The molecule has 0 bridgehead atoms. The molecule has 14 atom stereocenters. The standard InChI is InChI=1S/2C20H18BrCl2NO2.C20H16BrCl2NO2/c3*1-10-18-15(20(25)26-10)6-5-14(13-4-3-12(22)8-16(13)23)19(18)17-7-2-11(21)9-24-17/h2*2-4,7-10,14-15,18-19H,5-6H2,1H3;2-4,6-10,14,18-19H,5H2,1H3/t10-,14+,15+,18-,19-;10-,14+,15-,18-,19-;10-,14+,18-,19-/m111/s1. The molecular weight excluding hydrogens is 1310 g/mol. The molecule has 6 heterocycles. The molecule has 0 radical (unpaired) electrons. The molecule has 0 amide bonds. The first-order valence-corrected chi connectivity index (χ1v) is 30.5. The molecule has 3 saturated heterocycles. The minimum atomic E-state index is -0.217. The van der Waals surface area contributed by atoms with Crippen molar-refractivity contribution in [3.05, 3.63) is 199 Å². The fourth-order valence-corrected chi connectivity index (χ4v) is 15.8. The normalized spacial score (nSPS) is 29.7. The van der Waals surface area contributed by atoms with E-state index < -0.39 is 0 Å². The van der Waals surface area contributed by atoms with Gasteiger partial charge in [-0.2, -0.15) is 0 Å². The summed E-state index contributed by atoms with van der Waals surface area (Å²) in [6.45, 7) is 5.92. The average Bonchev–Trinajstić information content (AvgIpc) is 4.22. The number of hydrogen-bond acceptors (Lipinski definition) is 9. The highest BCUT2D eigenvalue weighted by atomic mass is 79.9. The fourth-order valence-electron chi connectivity index (χ4n) is 13.4. The largest absolute Gasteiger partial charge is 0.462 e. The van der Waals surface area contributed by atoms with Gasteiger partial charge in [-0.25, -0.2) is 4.79 Å². The lowest BCUT2D eigenvalue weighted by Gasteiger charge is -2.39.